The van der Waals surface area contributed by atoms with Crippen molar-refractivity contribution in [1.29, 1.82) is 0 Å². The Labute approximate surface area is 690 Å². The number of rotatable bonds is 25. The van der Waals surface area contributed by atoms with Crippen LogP contribution < -0.4 is 4.74 Å². The molecule has 4 aliphatic carbocycles. The molecule has 29 heteroatoms. The summed E-state index contributed by atoms with van der Waals surface area (Å²) in [6.07, 6.45) is 23.0. The lowest BCUT2D eigenvalue weighted by Crippen LogP contribution is -2.39. The Morgan fingerprint density at radius 1 is 0.385 bits per heavy atom. The molecule has 4 unspecified atom stereocenters. The first kappa shape index (κ1) is 87.9. The van der Waals surface area contributed by atoms with Gasteiger partial charge in [-0.1, -0.05) is 104 Å². The Morgan fingerprint density at radius 3 is 1.09 bits per heavy atom. The average Bonchev–Trinajstić information content (AvgIpc) is 1.74. The molecule has 6 heterocycles. The van der Waals surface area contributed by atoms with E-state index in [4.69, 9.17) is 21.5 Å². The van der Waals surface area contributed by atoms with Crippen molar-refractivity contribution in [3.63, 3.8) is 0 Å². The number of aromatic nitrogens is 4. The Bertz CT molecular complexity index is 5480. The van der Waals surface area contributed by atoms with E-state index >= 15 is 0 Å². The number of likely N-dealkylation sites (tertiary alicyclic amines) is 2. The molecular formula is C88H116N8O17S4. The zero-order chi connectivity index (χ0) is 83.3. The maximum absolute atomic E-state index is 13.5. The smallest absolute Gasteiger partial charge is 0.264 e. The van der Waals surface area contributed by atoms with Crippen LogP contribution in [0.2, 0.25) is 0 Å². The number of amides is 4. The molecule has 6 aliphatic rings. The molecule has 0 radical (unpaired) electrons. The molecule has 15 rings (SSSR count). The molecule has 0 bridgehead atoms. The number of nitrogens with zero attached hydrogens (tertiary/aromatic N) is 8. The fraction of sp³-hybridized carbons (Fsp3) is 0.523. The van der Waals surface area contributed by atoms with Gasteiger partial charge in [0.15, 0.2) is 0 Å². The van der Waals surface area contributed by atoms with Crippen LogP contribution in [-0.4, -0.2) is 200 Å². The van der Waals surface area contributed by atoms with Crippen molar-refractivity contribution in [3.05, 3.63) is 172 Å². The van der Waals surface area contributed by atoms with Crippen molar-refractivity contribution in [2.24, 2.45) is 0 Å². The fourth-order valence-electron chi connectivity index (χ4n) is 18.8. The molecular weight excluding hydrogens is 1570 g/mol. The number of likely N-dealkylation sites (N-methyl/N-ethyl adjacent to an activating group) is 2. The molecule has 5 aromatic carbocycles. The fourth-order valence-corrected chi connectivity index (χ4v) is 20.3. The normalized spacial score (nSPS) is 18.4. The van der Waals surface area contributed by atoms with Crippen molar-refractivity contribution in [3.8, 4) is 5.75 Å². The van der Waals surface area contributed by atoms with Crippen LogP contribution in [0.1, 0.15) is 184 Å². The van der Waals surface area contributed by atoms with Gasteiger partial charge in [0, 0.05) is 140 Å². The number of piperidine rings is 1. The number of benzene rings is 5. The highest BCUT2D eigenvalue weighted by Crippen LogP contribution is 2.47. The van der Waals surface area contributed by atoms with E-state index in [-0.39, 0.29) is 73.7 Å². The van der Waals surface area contributed by atoms with E-state index in [9.17, 15) is 52.8 Å². The quantitative estimate of drug-likeness (QED) is 0.0480. The van der Waals surface area contributed by atoms with Crippen LogP contribution in [0.3, 0.4) is 0 Å². The van der Waals surface area contributed by atoms with Crippen molar-refractivity contribution in [1.82, 2.24) is 37.9 Å². The van der Waals surface area contributed by atoms with E-state index in [2.05, 4.69) is 53.5 Å². The van der Waals surface area contributed by atoms with E-state index in [0.29, 0.717) is 45.8 Å². The van der Waals surface area contributed by atoms with E-state index in [1.54, 1.807) is 7.11 Å². The first-order chi connectivity index (χ1) is 56.1. The molecule has 117 heavy (non-hydrogen) atoms. The predicted octanol–water partition coefficient (Wildman–Crippen LogP) is 13.1. The van der Waals surface area contributed by atoms with Gasteiger partial charge in [-0.15, -0.1) is 0 Å². The third-order valence-corrected chi connectivity index (χ3v) is 26.1. The topological polar surface area (TPSA) is 284 Å². The highest BCUT2D eigenvalue weighted by Gasteiger charge is 2.40. The van der Waals surface area contributed by atoms with Crippen molar-refractivity contribution < 1.29 is 74.3 Å². The minimum Gasteiger partial charge on any atom is -0.496 e. The average molecular weight is 1690 g/mol. The van der Waals surface area contributed by atoms with Crippen LogP contribution in [0.15, 0.2) is 121 Å². The van der Waals surface area contributed by atoms with Crippen LogP contribution in [-0.2, 0) is 135 Å². The third kappa shape index (κ3) is 21.2. The monoisotopic (exact) mass is 1680 g/mol. The summed E-state index contributed by atoms with van der Waals surface area (Å²) in [4.78, 5) is 61.4. The van der Waals surface area contributed by atoms with Gasteiger partial charge < -0.3 is 42.6 Å². The summed E-state index contributed by atoms with van der Waals surface area (Å²) in [5.74, 6) is 0.935. The molecule has 0 saturated carbocycles. The van der Waals surface area contributed by atoms with Gasteiger partial charge in [0.2, 0.25) is 23.6 Å². The first-order valence-electron chi connectivity index (χ1n) is 41.6. The van der Waals surface area contributed by atoms with E-state index in [0.717, 1.165) is 243 Å². The minimum atomic E-state index is -3.51. The summed E-state index contributed by atoms with van der Waals surface area (Å²) >= 11 is 0. The lowest BCUT2D eigenvalue weighted by Gasteiger charge is -2.32. The van der Waals surface area contributed by atoms with E-state index in [1.165, 1.54) is 30.7 Å². The van der Waals surface area contributed by atoms with Crippen LogP contribution in [0.25, 0.3) is 43.6 Å². The molecule has 0 N–H and O–H groups in total. The number of carbonyl (C=O) groups is 4. The van der Waals surface area contributed by atoms with Gasteiger partial charge in [-0.05, 0) is 181 Å². The van der Waals surface area contributed by atoms with Crippen LogP contribution in [0.5, 0.6) is 5.75 Å². The third-order valence-electron chi connectivity index (χ3n) is 23.7. The SMILES string of the molecule is CCN(CC)C(=O)C1CCCc2c1c1c(OC)cccc1n2CCOS(C)(=O)=O.CN(Cc1ccccc1)C(=O)C1CCCc2c1c1ccccc1n2CCOS(C)(=O)=O.CS(=O)(=O)OCCn1c2c(c3ccccc31)C(C(=O)N1CCCCC1)CCC2.CS(=O)(=O)OCCn1c2c(c3ccccc31)C(C(=O)N1CCCCCC1)CCC2. The molecule has 2 saturated heterocycles. The van der Waals surface area contributed by atoms with Crippen LogP contribution in [0, 0.1) is 0 Å². The lowest BCUT2D eigenvalue weighted by molar-refractivity contribution is -0.134. The number of para-hydroxylation sites is 3. The van der Waals surface area contributed by atoms with Crippen molar-refractivity contribution in [2.45, 2.75) is 192 Å². The lowest BCUT2D eigenvalue weighted by atomic mass is 9.83. The summed E-state index contributed by atoms with van der Waals surface area (Å²) in [5.41, 5.74) is 14.2. The predicted molar refractivity (Wildman–Crippen MR) is 457 cm³/mol. The van der Waals surface area contributed by atoms with Gasteiger partial charge in [0.25, 0.3) is 40.5 Å². The standard InChI is InChI=1S/C24H28N2O4S.C22H30N2O4S.C21H30N2O5S.C21H28N2O4S/c1-25(17-18-9-4-3-5-10-18)24(27)20-12-8-14-22-23(20)19-11-6-7-13-21(19)26(22)15-16-30-31(2,28)29;1-29(26,27)28-16-15-24-19-11-5-4-9-17(19)21-18(10-8-12-20(21)24)22(25)23-13-6-2-3-7-14-23;1-5-22(6-2)21(24)15-9-7-10-16-19(15)20-17(11-8-12-18(20)27-3)23(16)13-14-28-29(4,25)26;1-28(25,26)27-15-14-23-18-10-4-3-8-16(18)20-17(9-7-11-19(20)23)21(24)22-12-5-2-6-13-22/h3-7,9-11,13,20H,8,12,14-17H2,1-2H3;4-5,9,11,18H,2-3,6-8,10,12-16H2,1H3;8,11-12,15H,5-7,9-10,13-14H2,1-4H3;3-4,8,10,17H,2,5-7,9,11-15H2,1H3. The second-order valence-corrected chi connectivity index (χ2v) is 38.2. The summed E-state index contributed by atoms with van der Waals surface area (Å²) in [7, 11) is -10.4. The largest absolute Gasteiger partial charge is 0.496 e. The number of hydrogen-bond acceptors (Lipinski definition) is 17. The zero-order valence-electron chi connectivity index (χ0n) is 69.0. The zero-order valence-corrected chi connectivity index (χ0v) is 72.3. The molecule has 2 fully saturated rings. The highest BCUT2D eigenvalue weighted by atomic mass is 32.2. The summed E-state index contributed by atoms with van der Waals surface area (Å²) < 4.78 is 125. The van der Waals surface area contributed by atoms with Crippen LogP contribution in [0.4, 0.5) is 0 Å². The second kappa shape index (κ2) is 39.2. The van der Waals surface area contributed by atoms with E-state index < -0.39 is 40.5 Å². The molecule has 25 nitrogen and oxygen atoms in total. The van der Waals surface area contributed by atoms with Crippen LogP contribution >= 0.6 is 0 Å². The molecule has 634 valence electrons. The minimum absolute atomic E-state index is 0.0565. The Kier molecular flexibility index (Phi) is 29.4. The van der Waals surface area contributed by atoms with E-state index in [1.807, 2.05) is 127 Å². The van der Waals surface area contributed by atoms with Crippen molar-refractivity contribution in [2.75, 3.05) is 105 Å². The molecule has 0 spiro atoms. The summed E-state index contributed by atoms with van der Waals surface area (Å²) in [5, 5.41) is 4.26. The molecule has 2 aliphatic heterocycles. The van der Waals surface area contributed by atoms with Crippen molar-refractivity contribution >= 4 is 108 Å². The van der Waals surface area contributed by atoms with Gasteiger partial charge in [-0.25, -0.2) is 0 Å². The molecule has 4 amide bonds. The maximum Gasteiger partial charge on any atom is 0.264 e. The van der Waals surface area contributed by atoms with Gasteiger partial charge in [0.1, 0.15) is 5.75 Å². The van der Waals surface area contributed by atoms with Gasteiger partial charge in [0.05, 0.1) is 87.7 Å². The number of fused-ring (bicyclic) bond motifs is 12. The van der Waals surface area contributed by atoms with Gasteiger partial charge >= 0.3 is 0 Å². The summed E-state index contributed by atoms with van der Waals surface area (Å²) in [6.45, 7) is 11.5. The Hall–Kier alpha value is -8.42. The maximum atomic E-state index is 13.5. The first-order valence-corrected chi connectivity index (χ1v) is 48.9. The number of carbonyl (C=O) groups excluding carboxylic acids is 4. The highest BCUT2D eigenvalue weighted by molar-refractivity contribution is 7.86. The Morgan fingerprint density at radius 2 is 0.709 bits per heavy atom. The Balaban J connectivity index is 0.000000144. The molecule has 9 aromatic rings. The van der Waals surface area contributed by atoms with Gasteiger partial charge in [-0.3, -0.25) is 35.9 Å². The molecule has 4 atom stereocenters. The number of hydrogen-bond donors (Lipinski definition) is 0. The summed E-state index contributed by atoms with van der Waals surface area (Å²) in [6, 6.07) is 40.2. The number of methoxy groups -OCH3 is 1. The molecule has 4 aromatic heterocycles. The van der Waals surface area contributed by atoms with Gasteiger partial charge in [-0.2, -0.15) is 33.7 Å². The number of ether oxygens (including phenoxy) is 1. The second-order valence-electron chi connectivity index (χ2n) is 31.7.